The molecule has 24 heavy (non-hydrogen) atoms. The van der Waals surface area contributed by atoms with Crippen LogP contribution in [0.25, 0.3) is 11.3 Å². The molecule has 2 aromatic carbocycles. The fourth-order valence-corrected chi connectivity index (χ4v) is 3.50. The summed E-state index contributed by atoms with van der Waals surface area (Å²) in [6, 6.07) is 15.5. The van der Waals surface area contributed by atoms with E-state index in [1.807, 2.05) is 12.1 Å². The number of ether oxygens (including phenoxy) is 1. The molecule has 0 saturated carbocycles. The predicted octanol–water partition coefficient (Wildman–Crippen LogP) is 2.83. The molecule has 0 radical (unpaired) electrons. The van der Waals surface area contributed by atoms with Gasteiger partial charge < -0.3 is 9.26 Å². The zero-order chi connectivity index (χ0) is 17.0. The average Bonchev–Trinajstić information content (AvgIpc) is 3.15. The van der Waals surface area contributed by atoms with Crippen molar-refractivity contribution >= 4 is 10.0 Å². The van der Waals surface area contributed by atoms with Crippen molar-refractivity contribution in [3.05, 3.63) is 66.4 Å². The molecule has 0 spiro atoms. The molecule has 0 saturated heterocycles. The molecule has 124 valence electrons. The first-order chi connectivity index (χ1) is 11.6. The van der Waals surface area contributed by atoms with E-state index in [0.717, 1.165) is 11.3 Å². The van der Waals surface area contributed by atoms with Gasteiger partial charge in [-0.15, -0.1) is 0 Å². The molecule has 1 heterocycles. The first-order valence-corrected chi connectivity index (χ1v) is 8.71. The predicted molar refractivity (Wildman–Crippen MR) is 89.0 cm³/mol. The maximum atomic E-state index is 12.7. The second-order valence-corrected chi connectivity index (χ2v) is 6.79. The molecule has 3 aromatic rings. The Hall–Kier alpha value is -2.64. The minimum Gasteiger partial charge on any atom is -0.497 e. The Bertz CT molecular complexity index is 904. The van der Waals surface area contributed by atoms with Gasteiger partial charge in [-0.1, -0.05) is 35.5 Å². The van der Waals surface area contributed by atoms with Crippen molar-refractivity contribution in [1.82, 2.24) is 9.88 Å². The van der Waals surface area contributed by atoms with Gasteiger partial charge in [0.05, 0.1) is 12.0 Å². The zero-order valence-electron chi connectivity index (χ0n) is 13.0. The Morgan fingerprint density at radius 1 is 1.08 bits per heavy atom. The summed E-state index contributed by atoms with van der Waals surface area (Å²) in [4.78, 5) is 0.160. The molecule has 7 heteroatoms. The summed E-state index contributed by atoms with van der Waals surface area (Å²) in [6.07, 6.45) is 1.41. The summed E-state index contributed by atoms with van der Waals surface area (Å²) < 4.78 is 37.8. The van der Waals surface area contributed by atoms with Crippen LogP contribution in [0.5, 0.6) is 5.75 Å². The van der Waals surface area contributed by atoms with Gasteiger partial charge in [-0.05, 0) is 23.8 Å². The number of hydrogen-bond acceptors (Lipinski definition) is 5. The van der Waals surface area contributed by atoms with E-state index in [1.54, 1.807) is 49.6 Å². The second kappa shape index (κ2) is 6.86. The lowest BCUT2D eigenvalue weighted by Gasteiger charge is -2.10. The minimum absolute atomic E-state index is 0.160. The van der Waals surface area contributed by atoms with Crippen LogP contribution in [-0.4, -0.2) is 20.7 Å². The maximum Gasteiger partial charge on any atom is 0.241 e. The molecule has 3 rings (SSSR count). The van der Waals surface area contributed by atoms with E-state index in [9.17, 15) is 8.42 Å². The molecule has 0 bridgehead atoms. The Kier molecular flexibility index (Phi) is 4.64. The van der Waals surface area contributed by atoms with Crippen molar-refractivity contribution in [3.63, 3.8) is 0 Å². The summed E-state index contributed by atoms with van der Waals surface area (Å²) in [6.45, 7) is 0.180. The standard InChI is InChI=1S/C17H16N2O4S/c1-22-14-8-6-13(7-9-14)12-18-24(20,21)17-5-3-2-4-15(17)16-10-11-23-19-16/h2-11,18H,12H2,1H3. The van der Waals surface area contributed by atoms with Crippen molar-refractivity contribution in [2.75, 3.05) is 7.11 Å². The van der Waals surface area contributed by atoms with Gasteiger partial charge in [-0.3, -0.25) is 0 Å². The second-order valence-electron chi connectivity index (χ2n) is 5.05. The van der Waals surface area contributed by atoms with Gasteiger partial charge in [0, 0.05) is 18.2 Å². The third kappa shape index (κ3) is 3.47. The lowest BCUT2D eigenvalue weighted by Crippen LogP contribution is -2.23. The smallest absolute Gasteiger partial charge is 0.241 e. The molecule has 1 aromatic heterocycles. The molecular weight excluding hydrogens is 328 g/mol. The van der Waals surface area contributed by atoms with E-state index in [2.05, 4.69) is 9.88 Å². The summed E-state index contributed by atoms with van der Waals surface area (Å²) in [5.41, 5.74) is 1.80. The van der Waals surface area contributed by atoms with Gasteiger partial charge in [-0.2, -0.15) is 0 Å². The first kappa shape index (κ1) is 16.2. The SMILES string of the molecule is COc1ccc(CNS(=O)(=O)c2ccccc2-c2ccon2)cc1. The molecule has 6 nitrogen and oxygen atoms in total. The molecule has 0 fully saturated rings. The van der Waals surface area contributed by atoms with Crippen LogP contribution in [0, 0.1) is 0 Å². The van der Waals surface area contributed by atoms with Crippen molar-refractivity contribution in [1.29, 1.82) is 0 Å². The largest absolute Gasteiger partial charge is 0.497 e. The molecule has 0 aliphatic carbocycles. The fourth-order valence-electron chi connectivity index (χ4n) is 2.26. The fraction of sp³-hybridized carbons (Fsp3) is 0.118. The van der Waals surface area contributed by atoms with Crippen LogP contribution >= 0.6 is 0 Å². The van der Waals surface area contributed by atoms with Crippen LogP contribution in [0.15, 0.2) is 70.3 Å². The van der Waals surface area contributed by atoms with Crippen LogP contribution in [-0.2, 0) is 16.6 Å². The molecular formula is C17H16N2O4S. The van der Waals surface area contributed by atoms with Gasteiger partial charge in [0.1, 0.15) is 17.7 Å². The third-order valence-corrected chi connectivity index (χ3v) is 4.98. The van der Waals surface area contributed by atoms with E-state index in [4.69, 9.17) is 9.26 Å². The minimum atomic E-state index is -3.69. The summed E-state index contributed by atoms with van der Waals surface area (Å²) in [5.74, 6) is 0.720. The zero-order valence-corrected chi connectivity index (χ0v) is 13.8. The van der Waals surface area contributed by atoms with E-state index in [-0.39, 0.29) is 11.4 Å². The van der Waals surface area contributed by atoms with Crippen molar-refractivity contribution < 1.29 is 17.7 Å². The number of benzene rings is 2. The van der Waals surface area contributed by atoms with Gasteiger partial charge in [0.25, 0.3) is 0 Å². The molecule has 0 atom stereocenters. The molecule has 0 aliphatic rings. The number of hydrogen-bond donors (Lipinski definition) is 1. The molecule has 0 unspecified atom stereocenters. The Morgan fingerprint density at radius 2 is 1.83 bits per heavy atom. The Balaban J connectivity index is 1.83. The van der Waals surface area contributed by atoms with Crippen LogP contribution < -0.4 is 9.46 Å². The Morgan fingerprint density at radius 3 is 2.50 bits per heavy atom. The lowest BCUT2D eigenvalue weighted by atomic mass is 10.1. The van der Waals surface area contributed by atoms with Gasteiger partial charge >= 0.3 is 0 Å². The normalized spacial score (nSPS) is 11.4. The molecule has 0 aliphatic heterocycles. The van der Waals surface area contributed by atoms with Gasteiger partial charge in [-0.25, -0.2) is 13.1 Å². The van der Waals surface area contributed by atoms with E-state index < -0.39 is 10.0 Å². The highest BCUT2D eigenvalue weighted by Crippen LogP contribution is 2.25. The van der Waals surface area contributed by atoms with Crippen LogP contribution in [0.4, 0.5) is 0 Å². The number of nitrogens with zero attached hydrogens (tertiary/aromatic N) is 1. The van der Waals surface area contributed by atoms with Gasteiger partial charge in [0.2, 0.25) is 10.0 Å². The Labute approximate surface area is 140 Å². The monoisotopic (exact) mass is 344 g/mol. The van der Waals surface area contributed by atoms with Crippen molar-refractivity contribution in [3.8, 4) is 17.0 Å². The van der Waals surface area contributed by atoms with E-state index >= 15 is 0 Å². The number of sulfonamides is 1. The number of rotatable bonds is 6. The van der Waals surface area contributed by atoms with Crippen LogP contribution in [0.1, 0.15) is 5.56 Å². The van der Waals surface area contributed by atoms with E-state index in [1.165, 1.54) is 6.26 Å². The van der Waals surface area contributed by atoms with Crippen LogP contribution in [0.2, 0.25) is 0 Å². The third-order valence-electron chi connectivity index (χ3n) is 3.52. The first-order valence-electron chi connectivity index (χ1n) is 7.22. The van der Waals surface area contributed by atoms with Gasteiger partial charge in [0.15, 0.2) is 0 Å². The number of nitrogens with one attached hydrogen (secondary N) is 1. The van der Waals surface area contributed by atoms with Crippen molar-refractivity contribution in [2.45, 2.75) is 11.4 Å². The highest BCUT2D eigenvalue weighted by Gasteiger charge is 2.20. The summed E-state index contributed by atoms with van der Waals surface area (Å²) in [7, 11) is -2.11. The topological polar surface area (TPSA) is 81.4 Å². The molecule has 1 N–H and O–H groups in total. The average molecular weight is 344 g/mol. The lowest BCUT2D eigenvalue weighted by molar-refractivity contribution is 0.414. The van der Waals surface area contributed by atoms with E-state index in [0.29, 0.717) is 11.3 Å². The number of aromatic nitrogens is 1. The highest BCUT2D eigenvalue weighted by atomic mass is 32.2. The molecule has 0 amide bonds. The number of methoxy groups -OCH3 is 1. The highest BCUT2D eigenvalue weighted by molar-refractivity contribution is 7.89. The van der Waals surface area contributed by atoms with Crippen LogP contribution in [0.3, 0.4) is 0 Å². The maximum absolute atomic E-state index is 12.7. The summed E-state index contributed by atoms with van der Waals surface area (Å²) >= 11 is 0. The summed E-state index contributed by atoms with van der Waals surface area (Å²) in [5, 5.41) is 3.82. The van der Waals surface area contributed by atoms with Crippen molar-refractivity contribution in [2.24, 2.45) is 0 Å². The quantitative estimate of drug-likeness (QED) is 0.743.